The predicted molar refractivity (Wildman–Crippen MR) is 67.8 cm³/mol. The van der Waals surface area contributed by atoms with Gasteiger partial charge in [0.2, 0.25) is 0 Å². The normalized spacial score (nSPS) is 24.7. The summed E-state index contributed by atoms with van der Waals surface area (Å²) in [4.78, 5) is 2.34. The Morgan fingerprint density at radius 2 is 2.19 bits per heavy atom. The zero-order valence-electron chi connectivity index (χ0n) is 10.2. The van der Waals surface area contributed by atoms with Crippen molar-refractivity contribution < 1.29 is 5.11 Å². The van der Waals surface area contributed by atoms with E-state index in [1.54, 1.807) is 0 Å². The van der Waals surface area contributed by atoms with Crippen molar-refractivity contribution in [2.45, 2.75) is 45.3 Å². The Morgan fingerprint density at radius 1 is 1.38 bits per heavy atom. The third-order valence-electron chi connectivity index (χ3n) is 3.52. The van der Waals surface area contributed by atoms with Gasteiger partial charge < -0.3 is 10.0 Å². The van der Waals surface area contributed by atoms with Crippen LogP contribution in [0.2, 0.25) is 0 Å². The highest BCUT2D eigenvalue weighted by molar-refractivity contribution is 5.49. The summed E-state index contributed by atoms with van der Waals surface area (Å²) in [5, 5.41) is 9.98. The van der Waals surface area contributed by atoms with Gasteiger partial charge in [-0.1, -0.05) is 12.1 Å². The van der Waals surface area contributed by atoms with Gasteiger partial charge in [0, 0.05) is 12.2 Å². The van der Waals surface area contributed by atoms with Crippen LogP contribution in [-0.2, 0) is 0 Å². The monoisotopic (exact) mass is 219 g/mol. The van der Waals surface area contributed by atoms with Gasteiger partial charge in [-0.25, -0.2) is 0 Å². The maximum absolute atomic E-state index is 9.98. The van der Waals surface area contributed by atoms with Crippen molar-refractivity contribution in [2.75, 3.05) is 11.4 Å². The molecular formula is C14H21NO. The topological polar surface area (TPSA) is 23.5 Å². The zero-order chi connectivity index (χ0) is 11.5. The quantitative estimate of drug-likeness (QED) is 0.845. The molecule has 0 radical (unpaired) electrons. The lowest BCUT2D eigenvalue weighted by Crippen LogP contribution is -2.40. The van der Waals surface area contributed by atoms with Gasteiger partial charge in [-0.2, -0.15) is 0 Å². The van der Waals surface area contributed by atoms with Crippen LogP contribution in [0, 0.1) is 6.92 Å². The lowest BCUT2D eigenvalue weighted by Gasteiger charge is -2.32. The first kappa shape index (κ1) is 11.5. The molecule has 2 nitrogen and oxygen atoms in total. The van der Waals surface area contributed by atoms with Gasteiger partial charge in [0.25, 0.3) is 0 Å². The molecule has 0 saturated heterocycles. The van der Waals surface area contributed by atoms with E-state index in [9.17, 15) is 5.11 Å². The van der Waals surface area contributed by atoms with Crippen LogP contribution in [0.1, 0.15) is 31.7 Å². The summed E-state index contributed by atoms with van der Waals surface area (Å²) in [5.74, 6) is 0. The number of benzene rings is 1. The average Bonchev–Trinajstić information content (AvgIpc) is 2.67. The van der Waals surface area contributed by atoms with E-state index in [4.69, 9.17) is 0 Å². The van der Waals surface area contributed by atoms with Gasteiger partial charge in [0.05, 0.1) is 12.1 Å². The van der Waals surface area contributed by atoms with Crippen LogP contribution in [0.15, 0.2) is 24.3 Å². The zero-order valence-corrected chi connectivity index (χ0v) is 10.2. The van der Waals surface area contributed by atoms with E-state index in [1.807, 2.05) is 0 Å². The fraction of sp³-hybridized carbons (Fsp3) is 0.571. The number of likely N-dealkylation sites (N-methyl/N-ethyl adjacent to an activating group) is 1. The Hall–Kier alpha value is -1.02. The maximum atomic E-state index is 9.98. The molecule has 2 atom stereocenters. The molecule has 1 aromatic carbocycles. The van der Waals surface area contributed by atoms with E-state index in [-0.39, 0.29) is 6.10 Å². The second kappa shape index (κ2) is 4.88. The highest BCUT2D eigenvalue weighted by Gasteiger charge is 2.29. The summed E-state index contributed by atoms with van der Waals surface area (Å²) in [7, 11) is 0. The van der Waals surface area contributed by atoms with Gasteiger partial charge in [-0.15, -0.1) is 0 Å². The maximum Gasteiger partial charge on any atom is 0.0743 e. The van der Waals surface area contributed by atoms with Gasteiger partial charge >= 0.3 is 0 Å². The number of nitrogens with zero attached hydrogens (tertiary/aromatic N) is 1. The summed E-state index contributed by atoms with van der Waals surface area (Å²) >= 11 is 0. The molecule has 0 amide bonds. The molecule has 2 heteroatoms. The summed E-state index contributed by atoms with van der Waals surface area (Å²) in [6, 6.07) is 8.86. The van der Waals surface area contributed by atoms with Crippen molar-refractivity contribution in [1.29, 1.82) is 0 Å². The van der Waals surface area contributed by atoms with E-state index in [0.29, 0.717) is 6.04 Å². The summed E-state index contributed by atoms with van der Waals surface area (Å²) in [6.45, 7) is 5.24. The second-order valence-electron chi connectivity index (χ2n) is 4.69. The fourth-order valence-electron chi connectivity index (χ4n) is 2.70. The molecule has 0 unspecified atom stereocenters. The Kier molecular flexibility index (Phi) is 3.49. The third kappa shape index (κ3) is 2.22. The Balaban J connectivity index is 2.21. The first-order chi connectivity index (χ1) is 7.72. The molecule has 1 saturated carbocycles. The minimum absolute atomic E-state index is 0.152. The number of anilines is 1. The van der Waals surface area contributed by atoms with Crippen molar-refractivity contribution in [3.8, 4) is 0 Å². The first-order valence-electron chi connectivity index (χ1n) is 6.23. The van der Waals surface area contributed by atoms with Crippen LogP contribution in [0.25, 0.3) is 0 Å². The molecule has 88 valence electrons. The molecule has 1 aliphatic carbocycles. The van der Waals surface area contributed by atoms with Gasteiger partial charge in [0.15, 0.2) is 0 Å². The summed E-state index contributed by atoms with van der Waals surface area (Å²) < 4.78 is 0. The molecule has 1 aromatic rings. The number of aryl methyl sites for hydroxylation is 1. The number of aliphatic hydroxyl groups is 1. The first-order valence-corrected chi connectivity index (χ1v) is 6.23. The number of rotatable bonds is 3. The molecule has 1 N–H and O–H groups in total. The molecule has 0 spiro atoms. The SMILES string of the molecule is CCN(c1cccc(C)c1)[C@H]1CCC[C@@H]1O. The van der Waals surface area contributed by atoms with Gasteiger partial charge in [0.1, 0.15) is 0 Å². The third-order valence-corrected chi connectivity index (χ3v) is 3.52. The summed E-state index contributed by atoms with van der Waals surface area (Å²) in [5.41, 5.74) is 2.52. The van der Waals surface area contributed by atoms with Gasteiger partial charge in [-0.05, 0) is 50.8 Å². The molecule has 16 heavy (non-hydrogen) atoms. The van der Waals surface area contributed by atoms with Crippen molar-refractivity contribution in [3.63, 3.8) is 0 Å². The van der Waals surface area contributed by atoms with E-state index in [2.05, 4.69) is 43.0 Å². The lowest BCUT2D eigenvalue weighted by molar-refractivity contribution is 0.161. The van der Waals surface area contributed by atoms with Crippen LogP contribution in [0.3, 0.4) is 0 Å². The highest BCUT2D eigenvalue weighted by atomic mass is 16.3. The minimum atomic E-state index is -0.152. The van der Waals surface area contributed by atoms with E-state index in [1.165, 1.54) is 11.3 Å². The van der Waals surface area contributed by atoms with Crippen molar-refractivity contribution in [3.05, 3.63) is 29.8 Å². The van der Waals surface area contributed by atoms with Crippen LogP contribution in [-0.4, -0.2) is 23.8 Å². The average molecular weight is 219 g/mol. The lowest BCUT2D eigenvalue weighted by atomic mass is 10.1. The van der Waals surface area contributed by atoms with E-state index >= 15 is 0 Å². The molecule has 2 rings (SSSR count). The molecule has 1 aliphatic rings. The molecule has 0 bridgehead atoms. The van der Waals surface area contributed by atoms with E-state index < -0.39 is 0 Å². The van der Waals surface area contributed by atoms with Gasteiger partial charge in [-0.3, -0.25) is 0 Å². The van der Waals surface area contributed by atoms with Crippen LogP contribution in [0.5, 0.6) is 0 Å². The Bertz CT molecular complexity index is 350. The summed E-state index contributed by atoms with van der Waals surface area (Å²) in [6.07, 6.45) is 3.06. The fourth-order valence-corrected chi connectivity index (χ4v) is 2.70. The predicted octanol–water partition coefficient (Wildman–Crippen LogP) is 2.73. The highest BCUT2D eigenvalue weighted by Crippen LogP contribution is 2.28. The van der Waals surface area contributed by atoms with Crippen molar-refractivity contribution in [1.82, 2.24) is 0 Å². The van der Waals surface area contributed by atoms with Crippen LogP contribution < -0.4 is 4.90 Å². The Labute approximate surface area is 97.9 Å². The largest absolute Gasteiger partial charge is 0.391 e. The number of aliphatic hydroxyl groups excluding tert-OH is 1. The van der Waals surface area contributed by atoms with Crippen LogP contribution in [0.4, 0.5) is 5.69 Å². The molecular weight excluding hydrogens is 198 g/mol. The van der Waals surface area contributed by atoms with Crippen molar-refractivity contribution >= 4 is 5.69 Å². The molecule has 0 heterocycles. The Morgan fingerprint density at radius 3 is 2.75 bits per heavy atom. The standard InChI is InChI=1S/C14H21NO/c1-3-15(13-8-5-9-14(13)16)12-7-4-6-11(2)10-12/h4,6-7,10,13-14,16H,3,5,8-9H2,1-2H3/t13-,14-/m0/s1. The number of hydrogen-bond acceptors (Lipinski definition) is 2. The number of hydrogen-bond donors (Lipinski definition) is 1. The molecule has 0 aromatic heterocycles. The second-order valence-corrected chi connectivity index (χ2v) is 4.69. The van der Waals surface area contributed by atoms with E-state index in [0.717, 1.165) is 25.8 Å². The smallest absolute Gasteiger partial charge is 0.0743 e. The molecule has 1 fully saturated rings. The van der Waals surface area contributed by atoms with Crippen LogP contribution >= 0.6 is 0 Å². The minimum Gasteiger partial charge on any atom is -0.391 e. The van der Waals surface area contributed by atoms with Crippen molar-refractivity contribution in [2.24, 2.45) is 0 Å². The molecule has 0 aliphatic heterocycles.